The van der Waals surface area contributed by atoms with Crippen LogP contribution >= 0.6 is 0 Å². The van der Waals surface area contributed by atoms with E-state index < -0.39 is 9.84 Å². The lowest BCUT2D eigenvalue weighted by Gasteiger charge is -2.41. The highest BCUT2D eigenvalue weighted by molar-refractivity contribution is 7.91. The fourth-order valence-electron chi connectivity index (χ4n) is 3.87. The van der Waals surface area contributed by atoms with Crippen molar-refractivity contribution in [2.75, 3.05) is 26.2 Å². The Kier molecular flexibility index (Phi) is 5.04. The maximum Gasteiger partial charge on any atom is 0.320 e. The average molecular weight is 413 g/mol. The molecular formula is C21H23N3O4S. The lowest BCUT2D eigenvalue weighted by atomic mass is 9.92. The van der Waals surface area contributed by atoms with Crippen LogP contribution in [0.3, 0.4) is 0 Å². The van der Waals surface area contributed by atoms with Gasteiger partial charge in [-0.25, -0.2) is 13.2 Å². The first-order valence-electron chi connectivity index (χ1n) is 9.59. The van der Waals surface area contributed by atoms with Gasteiger partial charge in [-0.1, -0.05) is 30.3 Å². The van der Waals surface area contributed by atoms with Gasteiger partial charge in [-0.15, -0.1) is 0 Å². The van der Waals surface area contributed by atoms with Gasteiger partial charge in [0.05, 0.1) is 15.7 Å². The summed E-state index contributed by atoms with van der Waals surface area (Å²) in [5, 5.41) is 0. The van der Waals surface area contributed by atoms with Gasteiger partial charge in [0.1, 0.15) is 0 Å². The van der Waals surface area contributed by atoms with E-state index in [0.717, 1.165) is 5.56 Å². The maximum absolute atomic E-state index is 12.7. The van der Waals surface area contributed by atoms with E-state index in [1.54, 1.807) is 52.3 Å². The Balaban J connectivity index is 1.37. The summed E-state index contributed by atoms with van der Waals surface area (Å²) in [7, 11) is -3.53. The summed E-state index contributed by atoms with van der Waals surface area (Å²) >= 11 is 0. The van der Waals surface area contributed by atoms with Crippen LogP contribution in [-0.4, -0.2) is 56.3 Å². The predicted molar refractivity (Wildman–Crippen MR) is 107 cm³/mol. The molecule has 0 saturated carbocycles. The fraction of sp³-hybridized carbons (Fsp3) is 0.333. The predicted octanol–water partition coefficient (Wildman–Crippen LogP) is 1.85. The number of nitrogens with zero attached hydrogens (tertiary/aromatic N) is 2. The van der Waals surface area contributed by atoms with Gasteiger partial charge in [0.25, 0.3) is 0 Å². The third-order valence-electron chi connectivity index (χ3n) is 5.73. The van der Waals surface area contributed by atoms with Crippen molar-refractivity contribution in [1.82, 2.24) is 9.80 Å². The molecule has 2 aliphatic heterocycles. The van der Waals surface area contributed by atoms with E-state index in [-0.39, 0.29) is 33.6 Å². The number of primary amides is 1. The van der Waals surface area contributed by atoms with Crippen molar-refractivity contribution in [2.24, 2.45) is 11.7 Å². The zero-order valence-electron chi connectivity index (χ0n) is 15.9. The first kappa shape index (κ1) is 19.4. The van der Waals surface area contributed by atoms with Crippen LogP contribution in [0.1, 0.15) is 17.9 Å². The molecule has 2 aromatic carbocycles. The minimum absolute atomic E-state index is 0.0618. The molecule has 0 unspecified atom stereocenters. The largest absolute Gasteiger partial charge is 0.369 e. The Labute approximate surface area is 170 Å². The molecule has 1 atom stereocenters. The Morgan fingerprint density at radius 2 is 1.48 bits per heavy atom. The van der Waals surface area contributed by atoms with Crippen LogP contribution in [0, 0.1) is 5.92 Å². The van der Waals surface area contributed by atoms with Gasteiger partial charge in [-0.2, -0.15) is 0 Å². The molecule has 3 amide bonds. The highest BCUT2D eigenvalue weighted by Crippen LogP contribution is 2.30. The Morgan fingerprint density at radius 1 is 0.862 bits per heavy atom. The van der Waals surface area contributed by atoms with E-state index in [1.807, 2.05) is 12.1 Å². The van der Waals surface area contributed by atoms with Crippen molar-refractivity contribution in [3.63, 3.8) is 0 Å². The fourth-order valence-corrected chi connectivity index (χ4v) is 5.15. The van der Waals surface area contributed by atoms with Crippen LogP contribution in [0.5, 0.6) is 0 Å². The Morgan fingerprint density at radius 3 is 2.07 bits per heavy atom. The number of sulfone groups is 1. The number of hydrogen-bond donors (Lipinski definition) is 1. The highest BCUT2D eigenvalue weighted by atomic mass is 32.2. The molecular weight excluding hydrogens is 390 g/mol. The monoisotopic (exact) mass is 413 g/mol. The lowest BCUT2D eigenvalue weighted by Crippen LogP contribution is -2.53. The highest BCUT2D eigenvalue weighted by Gasteiger charge is 2.37. The summed E-state index contributed by atoms with van der Waals surface area (Å²) in [5.74, 6) is -0.426. The zero-order chi connectivity index (χ0) is 20.6. The van der Waals surface area contributed by atoms with E-state index >= 15 is 0 Å². The minimum atomic E-state index is -3.53. The number of likely N-dealkylation sites (tertiary alicyclic amines) is 2. The molecule has 0 radical (unpaired) electrons. The Bertz CT molecular complexity index is 1020. The van der Waals surface area contributed by atoms with E-state index in [4.69, 9.17) is 5.73 Å². The Hall–Kier alpha value is -2.87. The second kappa shape index (κ2) is 7.51. The van der Waals surface area contributed by atoms with Gasteiger partial charge in [-0.3, -0.25) is 4.79 Å². The average Bonchev–Trinajstić information content (AvgIpc) is 3.18. The molecule has 29 heavy (non-hydrogen) atoms. The maximum atomic E-state index is 12.7. The molecule has 0 bridgehead atoms. The molecule has 2 saturated heterocycles. The molecule has 2 N–H and O–H groups in total. The van der Waals surface area contributed by atoms with Crippen molar-refractivity contribution < 1.29 is 18.0 Å². The first-order valence-corrected chi connectivity index (χ1v) is 11.1. The molecule has 0 spiro atoms. The molecule has 2 heterocycles. The van der Waals surface area contributed by atoms with Crippen molar-refractivity contribution in [1.29, 1.82) is 0 Å². The molecule has 2 fully saturated rings. The summed E-state index contributed by atoms with van der Waals surface area (Å²) in [6.45, 7) is 2.11. The summed E-state index contributed by atoms with van der Waals surface area (Å²) in [5.41, 5.74) is 6.34. The van der Waals surface area contributed by atoms with Crippen molar-refractivity contribution in [2.45, 2.75) is 22.1 Å². The van der Waals surface area contributed by atoms with Crippen LogP contribution in [0.4, 0.5) is 4.79 Å². The molecule has 4 rings (SSSR count). The molecule has 7 nitrogen and oxygen atoms in total. The summed E-state index contributed by atoms with van der Waals surface area (Å²) in [4.78, 5) is 27.8. The van der Waals surface area contributed by atoms with E-state index in [2.05, 4.69) is 0 Å². The smallest absolute Gasteiger partial charge is 0.320 e. The SMILES string of the molecule is NC(=O)[C@@H]1CCN(C(=O)N2CC(c3ccc(S(=O)(=O)c4ccccc4)cc3)C2)C1. The second-order valence-electron chi connectivity index (χ2n) is 7.60. The van der Waals surface area contributed by atoms with Crippen LogP contribution in [-0.2, 0) is 14.6 Å². The van der Waals surface area contributed by atoms with Crippen LogP contribution in [0.15, 0.2) is 64.4 Å². The number of nitrogens with two attached hydrogens (primary N) is 1. The van der Waals surface area contributed by atoms with Crippen molar-refractivity contribution >= 4 is 21.8 Å². The molecule has 0 aliphatic carbocycles. The van der Waals surface area contributed by atoms with Gasteiger partial charge >= 0.3 is 6.03 Å². The van der Waals surface area contributed by atoms with E-state index in [1.165, 1.54) is 0 Å². The molecule has 2 aromatic rings. The van der Waals surface area contributed by atoms with Gasteiger partial charge in [-0.05, 0) is 36.2 Å². The van der Waals surface area contributed by atoms with Gasteiger partial charge < -0.3 is 15.5 Å². The number of benzene rings is 2. The number of urea groups is 1. The summed E-state index contributed by atoms with van der Waals surface area (Å²) in [6.07, 6.45) is 0.621. The normalized spacial score (nSPS) is 19.8. The van der Waals surface area contributed by atoms with Crippen LogP contribution in [0.2, 0.25) is 0 Å². The molecule has 2 aliphatic rings. The van der Waals surface area contributed by atoms with E-state index in [9.17, 15) is 18.0 Å². The first-order chi connectivity index (χ1) is 13.9. The van der Waals surface area contributed by atoms with Crippen LogP contribution in [0.25, 0.3) is 0 Å². The third-order valence-corrected chi connectivity index (χ3v) is 7.51. The molecule has 0 aromatic heterocycles. The number of amides is 3. The number of carbonyl (C=O) groups excluding carboxylic acids is 2. The minimum Gasteiger partial charge on any atom is -0.369 e. The molecule has 152 valence electrons. The second-order valence-corrected chi connectivity index (χ2v) is 9.55. The zero-order valence-corrected chi connectivity index (χ0v) is 16.7. The van der Waals surface area contributed by atoms with Crippen molar-refractivity contribution in [3.05, 3.63) is 60.2 Å². The third kappa shape index (κ3) is 3.72. The summed E-state index contributed by atoms with van der Waals surface area (Å²) in [6, 6.07) is 15.2. The number of hydrogen-bond acceptors (Lipinski definition) is 4. The topological polar surface area (TPSA) is 101 Å². The van der Waals surface area contributed by atoms with Crippen LogP contribution < -0.4 is 5.73 Å². The number of rotatable bonds is 4. The van der Waals surface area contributed by atoms with Gasteiger partial charge in [0.2, 0.25) is 15.7 Å². The summed E-state index contributed by atoms with van der Waals surface area (Å²) < 4.78 is 25.3. The van der Waals surface area contributed by atoms with Crippen molar-refractivity contribution in [3.8, 4) is 0 Å². The van der Waals surface area contributed by atoms with E-state index in [0.29, 0.717) is 32.6 Å². The molecule has 8 heteroatoms. The number of carbonyl (C=O) groups is 2. The lowest BCUT2D eigenvalue weighted by molar-refractivity contribution is -0.121. The standard InChI is InChI=1S/C21H23N3O4S/c22-20(25)16-10-11-23(12-16)21(26)24-13-17(14-24)15-6-8-19(9-7-15)29(27,28)18-4-2-1-3-5-18/h1-9,16-17H,10-14H2,(H2,22,25)/t16-/m1/s1. The quantitative estimate of drug-likeness (QED) is 0.826. The van der Waals surface area contributed by atoms with Gasteiger partial charge in [0.15, 0.2) is 0 Å². The van der Waals surface area contributed by atoms with Gasteiger partial charge in [0, 0.05) is 32.1 Å².